The number of ether oxygens (including phenoxy) is 1. The van der Waals surface area contributed by atoms with Crippen molar-refractivity contribution in [3.8, 4) is 5.75 Å². The molecule has 0 spiro atoms. The van der Waals surface area contributed by atoms with Crippen LogP contribution in [0.1, 0.15) is 56.7 Å². The molecule has 7 heteroatoms. The number of furan rings is 1. The van der Waals surface area contributed by atoms with Gasteiger partial charge < -0.3 is 19.8 Å². The lowest BCUT2D eigenvalue weighted by Gasteiger charge is -2.25. The molecule has 0 radical (unpaired) electrons. The Morgan fingerprint density at radius 2 is 1.94 bits per heavy atom. The van der Waals surface area contributed by atoms with Crippen LogP contribution < -0.4 is 15.4 Å². The quantitative estimate of drug-likeness (QED) is 0.325. The summed E-state index contributed by atoms with van der Waals surface area (Å²) in [6.45, 7) is 1.98. The number of fused-ring (bicyclic) bond motifs is 1. The van der Waals surface area contributed by atoms with Gasteiger partial charge in [0, 0.05) is 21.7 Å². The summed E-state index contributed by atoms with van der Waals surface area (Å²) in [6.07, 6.45) is 5.80. The van der Waals surface area contributed by atoms with Gasteiger partial charge in [0.25, 0.3) is 5.91 Å². The summed E-state index contributed by atoms with van der Waals surface area (Å²) in [5.74, 6) is 1.60. The molecule has 6 nitrogen and oxygen atoms in total. The highest BCUT2D eigenvalue weighted by atomic mass is 32.1. The molecule has 2 N–H and O–H groups in total. The summed E-state index contributed by atoms with van der Waals surface area (Å²) in [5, 5.41) is 7.63. The highest BCUT2D eigenvalue weighted by molar-refractivity contribution is 7.16. The Kier molecular flexibility index (Phi) is 6.36. The van der Waals surface area contributed by atoms with Crippen LogP contribution in [-0.2, 0) is 12.8 Å². The van der Waals surface area contributed by atoms with E-state index in [-0.39, 0.29) is 11.9 Å². The van der Waals surface area contributed by atoms with Crippen LogP contribution in [0.5, 0.6) is 5.75 Å². The molecule has 1 aromatic carbocycles. The van der Waals surface area contributed by atoms with Gasteiger partial charge in [-0.1, -0.05) is 24.3 Å². The maximum atomic E-state index is 13.0. The van der Waals surface area contributed by atoms with Gasteiger partial charge in [0.1, 0.15) is 16.6 Å². The van der Waals surface area contributed by atoms with Gasteiger partial charge in [0.15, 0.2) is 5.76 Å². The number of benzene rings is 1. The van der Waals surface area contributed by atoms with Crippen molar-refractivity contribution in [2.75, 3.05) is 17.7 Å². The van der Waals surface area contributed by atoms with Crippen molar-refractivity contribution >= 4 is 28.1 Å². The van der Waals surface area contributed by atoms with E-state index in [4.69, 9.17) is 14.1 Å². The lowest BCUT2D eigenvalue weighted by atomic mass is 9.89. The molecule has 0 saturated heterocycles. The maximum Gasteiger partial charge on any atom is 0.291 e. The third kappa shape index (κ3) is 4.43. The minimum atomic E-state index is -0.254. The third-order valence-electron chi connectivity index (χ3n) is 6.10. The van der Waals surface area contributed by atoms with Gasteiger partial charge >= 0.3 is 0 Å². The molecular weight excluding hydrogens is 446 g/mol. The zero-order chi connectivity index (χ0) is 23.5. The number of hydrogen-bond acceptors (Lipinski definition) is 6. The van der Waals surface area contributed by atoms with Crippen LogP contribution in [0.2, 0.25) is 0 Å². The summed E-state index contributed by atoms with van der Waals surface area (Å²) < 4.78 is 11.1. The summed E-state index contributed by atoms with van der Waals surface area (Å²) in [4.78, 5) is 19.0. The molecule has 3 aromatic heterocycles. The second-order valence-electron chi connectivity index (χ2n) is 8.37. The van der Waals surface area contributed by atoms with Crippen molar-refractivity contribution in [3.63, 3.8) is 0 Å². The van der Waals surface area contributed by atoms with Crippen LogP contribution in [0.4, 0.5) is 10.8 Å². The molecule has 1 aliphatic rings. The minimum absolute atomic E-state index is 0.252. The van der Waals surface area contributed by atoms with Gasteiger partial charge in [-0.3, -0.25) is 4.79 Å². The Hall–Kier alpha value is -3.58. The van der Waals surface area contributed by atoms with Crippen molar-refractivity contribution < 1.29 is 13.9 Å². The molecule has 34 heavy (non-hydrogen) atoms. The van der Waals surface area contributed by atoms with Crippen molar-refractivity contribution in [2.24, 2.45) is 0 Å². The molecule has 0 bridgehead atoms. The number of aromatic nitrogens is 1. The largest absolute Gasteiger partial charge is 0.496 e. The number of para-hydroxylation sites is 1. The van der Waals surface area contributed by atoms with Crippen molar-refractivity contribution in [3.05, 3.63) is 93.9 Å². The molecule has 174 valence electrons. The van der Waals surface area contributed by atoms with Crippen LogP contribution in [0, 0.1) is 6.92 Å². The average Bonchev–Trinajstić information content (AvgIpc) is 3.51. The van der Waals surface area contributed by atoms with Crippen LogP contribution in [-0.4, -0.2) is 18.0 Å². The molecule has 5 rings (SSSR count). The van der Waals surface area contributed by atoms with E-state index in [1.54, 1.807) is 30.6 Å². The number of anilines is 2. The number of aryl methyl sites for hydroxylation is 2. The standard InChI is InChI=1S/C27H27N3O3S/c1-17-9-7-15-23(28-17)29-25(18-10-3-5-12-20(18)32-2)24-19-11-4-6-14-22(19)34-27(24)30-26(31)21-13-8-16-33-21/h3,5,7-10,12-13,15-16,25H,4,6,11,14H2,1-2H3,(H,28,29)(H,30,31)/t25-/m0/s1. The molecule has 0 aliphatic heterocycles. The number of thiophene rings is 1. The minimum Gasteiger partial charge on any atom is -0.496 e. The fourth-order valence-corrected chi connectivity index (χ4v) is 5.87. The predicted octanol–water partition coefficient (Wildman–Crippen LogP) is 6.39. The molecule has 3 heterocycles. The van der Waals surface area contributed by atoms with E-state index >= 15 is 0 Å². The first-order valence-electron chi connectivity index (χ1n) is 11.5. The highest BCUT2D eigenvalue weighted by Crippen LogP contribution is 2.46. The Balaban J connectivity index is 1.65. The predicted molar refractivity (Wildman–Crippen MR) is 135 cm³/mol. The SMILES string of the molecule is COc1ccccc1[C@H](Nc1cccc(C)n1)c1c(NC(=O)c2ccco2)sc2c1CCCC2. The molecular formula is C27H27N3O3S. The van der Waals surface area contributed by atoms with Crippen molar-refractivity contribution in [1.82, 2.24) is 4.98 Å². The first-order valence-corrected chi connectivity index (χ1v) is 12.3. The maximum absolute atomic E-state index is 13.0. The second kappa shape index (κ2) is 9.73. The summed E-state index contributed by atoms with van der Waals surface area (Å²) in [7, 11) is 1.68. The van der Waals surface area contributed by atoms with Gasteiger partial charge in [-0.25, -0.2) is 4.98 Å². The Bertz CT molecular complexity index is 1300. The molecule has 1 atom stereocenters. The topological polar surface area (TPSA) is 76.4 Å². The number of pyridine rings is 1. The number of amides is 1. The van der Waals surface area contributed by atoms with E-state index in [1.165, 1.54) is 16.7 Å². The van der Waals surface area contributed by atoms with E-state index < -0.39 is 0 Å². The summed E-state index contributed by atoms with van der Waals surface area (Å²) in [6, 6.07) is 17.1. The Morgan fingerprint density at radius 3 is 2.74 bits per heavy atom. The van der Waals surface area contributed by atoms with Gasteiger partial charge in [-0.15, -0.1) is 11.3 Å². The molecule has 0 fully saturated rings. The van der Waals surface area contributed by atoms with Crippen molar-refractivity contribution in [1.29, 1.82) is 0 Å². The molecule has 0 saturated carbocycles. The first-order chi connectivity index (χ1) is 16.6. The van der Waals surface area contributed by atoms with E-state index in [0.717, 1.165) is 59.1 Å². The number of nitrogens with one attached hydrogen (secondary N) is 2. The van der Waals surface area contributed by atoms with Gasteiger partial charge in [-0.2, -0.15) is 0 Å². The van der Waals surface area contributed by atoms with Crippen LogP contribution in [0.15, 0.2) is 65.3 Å². The van der Waals surface area contributed by atoms with Gasteiger partial charge in [0.2, 0.25) is 0 Å². The summed E-state index contributed by atoms with van der Waals surface area (Å²) in [5.41, 5.74) is 4.31. The van der Waals surface area contributed by atoms with Crippen LogP contribution in [0.3, 0.4) is 0 Å². The monoisotopic (exact) mass is 473 g/mol. The third-order valence-corrected chi connectivity index (χ3v) is 7.33. The molecule has 1 amide bonds. The molecule has 4 aromatic rings. The number of hydrogen-bond donors (Lipinski definition) is 2. The van der Waals surface area contributed by atoms with Gasteiger partial charge in [-0.05, 0) is 68.5 Å². The summed E-state index contributed by atoms with van der Waals surface area (Å²) >= 11 is 1.66. The lowest BCUT2D eigenvalue weighted by Crippen LogP contribution is -2.19. The van der Waals surface area contributed by atoms with Crippen molar-refractivity contribution in [2.45, 2.75) is 38.6 Å². The zero-order valence-electron chi connectivity index (χ0n) is 19.3. The highest BCUT2D eigenvalue weighted by Gasteiger charge is 2.30. The number of carbonyl (C=O) groups excluding carboxylic acids is 1. The van der Waals surface area contributed by atoms with Gasteiger partial charge in [0.05, 0.1) is 19.4 Å². The van der Waals surface area contributed by atoms with Crippen LogP contribution in [0.25, 0.3) is 0 Å². The lowest BCUT2D eigenvalue weighted by molar-refractivity contribution is 0.0997. The number of nitrogens with zero attached hydrogens (tertiary/aromatic N) is 1. The second-order valence-corrected chi connectivity index (χ2v) is 9.47. The Labute approximate surface area is 203 Å². The van der Waals surface area contributed by atoms with E-state index in [1.807, 2.05) is 43.3 Å². The fraction of sp³-hybridized carbons (Fsp3) is 0.259. The fourth-order valence-electron chi connectivity index (χ4n) is 4.54. The molecule has 0 unspecified atom stereocenters. The van der Waals surface area contributed by atoms with E-state index in [0.29, 0.717) is 5.76 Å². The smallest absolute Gasteiger partial charge is 0.291 e. The first kappa shape index (κ1) is 22.2. The number of carbonyl (C=O) groups is 1. The van der Waals surface area contributed by atoms with Crippen LogP contribution >= 0.6 is 11.3 Å². The van der Waals surface area contributed by atoms with E-state index in [2.05, 4.69) is 16.7 Å². The molecule has 1 aliphatic carbocycles. The Morgan fingerprint density at radius 1 is 1.09 bits per heavy atom. The normalized spacial score (nSPS) is 13.7. The number of rotatable bonds is 7. The zero-order valence-corrected chi connectivity index (χ0v) is 20.1. The van der Waals surface area contributed by atoms with E-state index in [9.17, 15) is 4.79 Å². The average molecular weight is 474 g/mol. The number of methoxy groups -OCH3 is 1.